The number of aliphatic carboxylic acids is 1. The first kappa shape index (κ1) is 23.3. The maximum Gasteiger partial charge on any atom is 0.333 e. The van der Waals surface area contributed by atoms with Crippen molar-refractivity contribution in [3.8, 4) is 28.2 Å². The molecule has 1 aromatic heterocycles. The summed E-state index contributed by atoms with van der Waals surface area (Å²) in [5.41, 5.74) is 4.42. The minimum atomic E-state index is -0.744. The molecule has 34 heavy (non-hydrogen) atoms. The SMILES string of the molecule is CCC(CCCCn1c(-c2ccccc2)c(-c2ccccc2)n(-c2ccccc2)c1=O)C(=O)O. The number of nitrogens with zero attached hydrogens (tertiary/aromatic N) is 2. The van der Waals surface area contributed by atoms with Crippen molar-refractivity contribution >= 4 is 5.97 Å². The van der Waals surface area contributed by atoms with E-state index in [9.17, 15) is 14.7 Å². The first-order chi connectivity index (χ1) is 16.6. The van der Waals surface area contributed by atoms with E-state index in [-0.39, 0.29) is 11.6 Å². The molecule has 5 nitrogen and oxygen atoms in total. The molecule has 0 amide bonds. The lowest BCUT2D eigenvalue weighted by Gasteiger charge is -2.12. The highest BCUT2D eigenvalue weighted by molar-refractivity contribution is 5.80. The van der Waals surface area contributed by atoms with E-state index in [0.29, 0.717) is 19.4 Å². The lowest BCUT2D eigenvalue weighted by atomic mass is 9.99. The quantitative estimate of drug-likeness (QED) is 0.288. The minimum Gasteiger partial charge on any atom is -0.481 e. The Morgan fingerprint density at radius 1 is 0.794 bits per heavy atom. The van der Waals surface area contributed by atoms with Gasteiger partial charge in [0.25, 0.3) is 0 Å². The molecule has 0 saturated carbocycles. The number of carboxylic acid groups (broad SMARTS) is 1. The number of imidazole rings is 1. The summed E-state index contributed by atoms with van der Waals surface area (Å²) in [6.45, 7) is 2.43. The van der Waals surface area contributed by atoms with Crippen molar-refractivity contribution in [2.75, 3.05) is 0 Å². The van der Waals surface area contributed by atoms with Crippen molar-refractivity contribution < 1.29 is 9.90 Å². The summed E-state index contributed by atoms with van der Waals surface area (Å²) in [6, 6.07) is 29.7. The van der Waals surface area contributed by atoms with E-state index < -0.39 is 5.97 Å². The molecule has 1 N–H and O–H groups in total. The van der Waals surface area contributed by atoms with E-state index in [1.165, 1.54) is 0 Å². The van der Waals surface area contributed by atoms with Gasteiger partial charge in [-0.2, -0.15) is 0 Å². The van der Waals surface area contributed by atoms with Crippen molar-refractivity contribution in [2.45, 2.75) is 39.2 Å². The monoisotopic (exact) mass is 454 g/mol. The molecule has 0 saturated heterocycles. The molecule has 0 aliphatic heterocycles. The Bertz CT molecular complexity index is 1280. The van der Waals surface area contributed by atoms with Crippen LogP contribution in [0.2, 0.25) is 0 Å². The predicted molar refractivity (Wildman–Crippen MR) is 136 cm³/mol. The summed E-state index contributed by atoms with van der Waals surface area (Å²) >= 11 is 0. The summed E-state index contributed by atoms with van der Waals surface area (Å²) in [6.07, 6.45) is 2.72. The summed E-state index contributed by atoms with van der Waals surface area (Å²) < 4.78 is 3.65. The molecule has 0 aliphatic carbocycles. The zero-order chi connectivity index (χ0) is 23.9. The molecule has 5 heteroatoms. The van der Waals surface area contributed by atoms with Crippen molar-refractivity contribution in [1.82, 2.24) is 9.13 Å². The van der Waals surface area contributed by atoms with Crippen LogP contribution < -0.4 is 5.69 Å². The number of carbonyl (C=O) groups is 1. The van der Waals surface area contributed by atoms with Crippen LogP contribution in [0.3, 0.4) is 0 Å². The van der Waals surface area contributed by atoms with Gasteiger partial charge < -0.3 is 5.11 Å². The second kappa shape index (κ2) is 10.8. The van der Waals surface area contributed by atoms with Gasteiger partial charge in [-0.1, -0.05) is 92.2 Å². The van der Waals surface area contributed by atoms with E-state index in [1.807, 2.05) is 102 Å². The Morgan fingerprint density at radius 2 is 1.32 bits per heavy atom. The third-order valence-electron chi connectivity index (χ3n) is 6.28. The zero-order valence-electron chi connectivity index (χ0n) is 19.4. The Balaban J connectivity index is 1.83. The lowest BCUT2D eigenvalue weighted by Crippen LogP contribution is -2.24. The van der Waals surface area contributed by atoms with E-state index in [4.69, 9.17) is 0 Å². The molecule has 0 aliphatic rings. The average molecular weight is 455 g/mol. The number of aromatic nitrogens is 2. The van der Waals surface area contributed by atoms with Crippen molar-refractivity contribution in [1.29, 1.82) is 0 Å². The van der Waals surface area contributed by atoms with Crippen LogP contribution in [0, 0.1) is 5.92 Å². The smallest absolute Gasteiger partial charge is 0.333 e. The van der Waals surface area contributed by atoms with Crippen molar-refractivity contribution in [3.63, 3.8) is 0 Å². The van der Waals surface area contributed by atoms with Gasteiger partial charge in [0.05, 0.1) is 23.0 Å². The van der Waals surface area contributed by atoms with E-state index in [0.717, 1.165) is 41.0 Å². The van der Waals surface area contributed by atoms with Crippen molar-refractivity contribution in [2.24, 2.45) is 5.92 Å². The number of para-hydroxylation sites is 1. The van der Waals surface area contributed by atoms with Gasteiger partial charge in [-0.15, -0.1) is 0 Å². The van der Waals surface area contributed by atoms with Crippen LogP contribution in [0.5, 0.6) is 0 Å². The van der Waals surface area contributed by atoms with Gasteiger partial charge in [0.2, 0.25) is 0 Å². The number of carboxylic acids is 1. The normalized spacial score (nSPS) is 11.9. The predicted octanol–water partition coefficient (Wildman–Crippen LogP) is 6.25. The third-order valence-corrected chi connectivity index (χ3v) is 6.28. The maximum absolute atomic E-state index is 13.9. The number of unbranched alkanes of at least 4 members (excludes halogenated alkanes) is 1. The first-order valence-corrected chi connectivity index (χ1v) is 11.9. The summed E-state index contributed by atoms with van der Waals surface area (Å²) in [5.74, 6) is -1.08. The van der Waals surface area contributed by atoms with E-state index in [1.54, 1.807) is 4.57 Å². The van der Waals surface area contributed by atoms with Crippen LogP contribution >= 0.6 is 0 Å². The summed E-state index contributed by atoms with van der Waals surface area (Å²) in [7, 11) is 0. The highest BCUT2D eigenvalue weighted by Crippen LogP contribution is 2.33. The molecule has 0 radical (unpaired) electrons. The van der Waals surface area contributed by atoms with Gasteiger partial charge in [0.15, 0.2) is 0 Å². The third kappa shape index (κ3) is 4.88. The number of hydrogen-bond donors (Lipinski definition) is 1. The van der Waals surface area contributed by atoms with Gasteiger partial charge in [0, 0.05) is 17.7 Å². The van der Waals surface area contributed by atoms with Gasteiger partial charge >= 0.3 is 11.7 Å². The van der Waals surface area contributed by atoms with Crippen LogP contribution in [0.25, 0.3) is 28.2 Å². The van der Waals surface area contributed by atoms with Crippen LogP contribution in [0.1, 0.15) is 32.6 Å². The molecule has 4 aromatic rings. The second-order valence-electron chi connectivity index (χ2n) is 8.47. The van der Waals surface area contributed by atoms with Crippen LogP contribution in [-0.2, 0) is 11.3 Å². The molecular formula is C29H30N2O3. The Labute approximate surface area is 199 Å². The highest BCUT2D eigenvalue weighted by atomic mass is 16.4. The molecule has 174 valence electrons. The second-order valence-corrected chi connectivity index (χ2v) is 8.47. The number of hydrogen-bond acceptors (Lipinski definition) is 2. The Morgan fingerprint density at radius 3 is 1.85 bits per heavy atom. The van der Waals surface area contributed by atoms with Gasteiger partial charge in [-0.05, 0) is 31.4 Å². The van der Waals surface area contributed by atoms with Crippen molar-refractivity contribution in [3.05, 3.63) is 101 Å². The summed E-state index contributed by atoms with van der Waals surface area (Å²) in [5, 5.41) is 9.36. The van der Waals surface area contributed by atoms with Gasteiger partial charge in [0.1, 0.15) is 0 Å². The molecule has 0 spiro atoms. The van der Waals surface area contributed by atoms with Gasteiger partial charge in [-0.25, -0.2) is 4.79 Å². The number of rotatable bonds is 10. The fourth-order valence-electron chi connectivity index (χ4n) is 4.48. The first-order valence-electron chi connectivity index (χ1n) is 11.9. The Kier molecular flexibility index (Phi) is 7.43. The minimum absolute atomic E-state index is 0.0887. The van der Waals surface area contributed by atoms with Crippen LogP contribution in [0.15, 0.2) is 95.8 Å². The molecule has 1 atom stereocenters. The Hall–Kier alpha value is -3.86. The highest BCUT2D eigenvalue weighted by Gasteiger charge is 2.23. The van der Waals surface area contributed by atoms with E-state index >= 15 is 0 Å². The standard InChI is InChI=1S/C29H30N2O3/c1-2-22(28(32)33)14-12-13-21-30-26(23-15-6-3-7-16-23)27(24-17-8-4-9-18-24)31(29(30)34)25-19-10-5-11-20-25/h3-11,15-20,22H,2,12-14,21H2,1H3,(H,32,33). The van der Waals surface area contributed by atoms with Gasteiger partial charge in [-0.3, -0.25) is 13.9 Å². The van der Waals surface area contributed by atoms with E-state index in [2.05, 4.69) is 0 Å². The topological polar surface area (TPSA) is 64.2 Å². The maximum atomic E-state index is 13.9. The molecule has 3 aromatic carbocycles. The van der Waals surface area contributed by atoms with Crippen LogP contribution in [0.4, 0.5) is 0 Å². The molecule has 0 bridgehead atoms. The molecule has 1 heterocycles. The lowest BCUT2D eigenvalue weighted by molar-refractivity contribution is -0.142. The fourth-order valence-corrected chi connectivity index (χ4v) is 4.48. The molecule has 0 fully saturated rings. The molecular weight excluding hydrogens is 424 g/mol. The largest absolute Gasteiger partial charge is 0.481 e. The fraction of sp³-hybridized carbons (Fsp3) is 0.241. The zero-order valence-corrected chi connectivity index (χ0v) is 19.4. The van der Waals surface area contributed by atoms with Crippen LogP contribution in [-0.4, -0.2) is 20.2 Å². The average Bonchev–Trinajstić information content (AvgIpc) is 3.17. The number of benzene rings is 3. The molecule has 1 unspecified atom stereocenters. The molecule has 4 rings (SSSR count). The summed E-state index contributed by atoms with van der Waals surface area (Å²) in [4.78, 5) is 25.3.